The zero-order valence-corrected chi connectivity index (χ0v) is 8.77. The fourth-order valence-electron chi connectivity index (χ4n) is 1.89. The number of hydrogen-bond acceptors (Lipinski definition) is 1. The quantitative estimate of drug-likeness (QED) is 0.521. The largest absolute Gasteiger partial charge is 0.476 e. The highest BCUT2D eigenvalue weighted by atomic mass is 19.1. The second-order valence-electron chi connectivity index (χ2n) is 4.74. The zero-order chi connectivity index (χ0) is 10.8. The molecule has 0 aromatic heterocycles. The van der Waals surface area contributed by atoms with Gasteiger partial charge >= 0.3 is 5.97 Å². The predicted octanol–water partition coefficient (Wildman–Crippen LogP) is 3.28. The molecule has 2 nitrogen and oxygen atoms in total. The highest BCUT2D eigenvalue weighted by Crippen LogP contribution is 2.36. The number of allylic oxidation sites excluding steroid dienone is 1. The number of rotatable bonds is 1. The standard InChI is InChI=1S/C11H17FO2/c1-11(2)6-3-4-8(5-7-11)9(12)10(13)14/h3-7H2,1-2H3,(H,13,14)/b9-8+. The van der Waals surface area contributed by atoms with Crippen molar-refractivity contribution in [3.05, 3.63) is 11.4 Å². The molecule has 0 saturated heterocycles. The molecular formula is C11H17FO2. The van der Waals surface area contributed by atoms with Crippen molar-refractivity contribution in [2.24, 2.45) is 5.41 Å². The maximum Gasteiger partial charge on any atom is 0.364 e. The van der Waals surface area contributed by atoms with Gasteiger partial charge in [-0.15, -0.1) is 0 Å². The molecule has 1 aliphatic rings. The van der Waals surface area contributed by atoms with Crippen LogP contribution in [0, 0.1) is 5.41 Å². The highest BCUT2D eigenvalue weighted by Gasteiger charge is 2.24. The molecule has 0 amide bonds. The third kappa shape index (κ3) is 2.82. The summed E-state index contributed by atoms with van der Waals surface area (Å²) < 4.78 is 13.1. The van der Waals surface area contributed by atoms with Crippen LogP contribution in [0.1, 0.15) is 46.0 Å². The van der Waals surface area contributed by atoms with Crippen molar-refractivity contribution >= 4 is 5.97 Å². The monoisotopic (exact) mass is 200 g/mol. The third-order valence-corrected chi connectivity index (χ3v) is 2.93. The first-order valence-corrected chi connectivity index (χ1v) is 5.03. The lowest BCUT2D eigenvalue weighted by Crippen LogP contribution is -2.08. The van der Waals surface area contributed by atoms with E-state index in [4.69, 9.17) is 5.11 Å². The number of carbonyl (C=O) groups is 1. The molecular weight excluding hydrogens is 183 g/mol. The van der Waals surface area contributed by atoms with Crippen LogP contribution in [0.5, 0.6) is 0 Å². The van der Waals surface area contributed by atoms with Crippen molar-refractivity contribution in [1.29, 1.82) is 0 Å². The van der Waals surface area contributed by atoms with E-state index >= 15 is 0 Å². The van der Waals surface area contributed by atoms with Crippen LogP contribution >= 0.6 is 0 Å². The Balaban J connectivity index is 2.76. The zero-order valence-electron chi connectivity index (χ0n) is 8.77. The van der Waals surface area contributed by atoms with E-state index < -0.39 is 11.8 Å². The molecule has 1 rings (SSSR count). The Hall–Kier alpha value is -0.860. The average Bonchev–Trinajstić information content (AvgIpc) is 2.25. The molecule has 80 valence electrons. The van der Waals surface area contributed by atoms with Crippen LogP contribution in [-0.4, -0.2) is 11.1 Å². The van der Waals surface area contributed by atoms with Crippen molar-refractivity contribution in [2.45, 2.75) is 46.0 Å². The van der Waals surface area contributed by atoms with Crippen molar-refractivity contribution in [3.63, 3.8) is 0 Å². The van der Waals surface area contributed by atoms with E-state index in [9.17, 15) is 9.18 Å². The number of carboxylic acids is 1. The molecule has 1 N–H and O–H groups in total. The van der Waals surface area contributed by atoms with Gasteiger partial charge in [0.1, 0.15) is 0 Å². The second-order valence-corrected chi connectivity index (χ2v) is 4.74. The SMILES string of the molecule is CC1(C)CCC/C(=C(\F)C(=O)O)CC1. The summed E-state index contributed by atoms with van der Waals surface area (Å²) in [6.07, 6.45) is 4.00. The number of aliphatic carboxylic acids is 1. The van der Waals surface area contributed by atoms with Crippen molar-refractivity contribution in [3.8, 4) is 0 Å². The summed E-state index contributed by atoms with van der Waals surface area (Å²) in [6, 6.07) is 0. The fraction of sp³-hybridized carbons (Fsp3) is 0.727. The number of hydrogen-bond donors (Lipinski definition) is 1. The third-order valence-electron chi connectivity index (χ3n) is 2.93. The summed E-state index contributed by atoms with van der Waals surface area (Å²) in [5.41, 5.74) is 0.712. The van der Waals surface area contributed by atoms with Gasteiger partial charge in [0.15, 0.2) is 0 Å². The Labute approximate surface area is 83.8 Å². The predicted molar refractivity (Wildman–Crippen MR) is 52.6 cm³/mol. The molecule has 0 heterocycles. The molecule has 0 spiro atoms. The van der Waals surface area contributed by atoms with Crippen molar-refractivity contribution in [2.75, 3.05) is 0 Å². The van der Waals surface area contributed by atoms with Crippen LogP contribution in [0.25, 0.3) is 0 Å². The Bertz CT molecular complexity index is 266. The molecule has 0 unspecified atom stereocenters. The first-order valence-electron chi connectivity index (χ1n) is 5.03. The van der Waals surface area contributed by atoms with Crippen molar-refractivity contribution < 1.29 is 14.3 Å². The Morgan fingerprint density at radius 1 is 1.36 bits per heavy atom. The van der Waals surface area contributed by atoms with Gasteiger partial charge < -0.3 is 5.11 Å². The molecule has 0 radical (unpaired) electrons. The van der Waals surface area contributed by atoms with E-state index in [1.54, 1.807) is 0 Å². The first-order chi connectivity index (χ1) is 6.42. The van der Waals surface area contributed by atoms with Crippen LogP contribution in [0.2, 0.25) is 0 Å². The van der Waals surface area contributed by atoms with E-state index in [1.807, 2.05) is 0 Å². The van der Waals surface area contributed by atoms with Gasteiger partial charge in [0.2, 0.25) is 5.83 Å². The summed E-state index contributed by atoms with van der Waals surface area (Å²) in [7, 11) is 0. The van der Waals surface area contributed by atoms with Gasteiger partial charge in [-0.1, -0.05) is 13.8 Å². The normalized spacial score (nSPS) is 25.4. The van der Waals surface area contributed by atoms with E-state index in [1.165, 1.54) is 0 Å². The molecule has 1 aliphatic carbocycles. The average molecular weight is 200 g/mol. The molecule has 0 bridgehead atoms. The minimum atomic E-state index is -1.42. The molecule has 3 heteroatoms. The molecule has 0 aromatic rings. The molecule has 1 fully saturated rings. The molecule has 0 atom stereocenters. The maximum absolute atomic E-state index is 13.1. The van der Waals surface area contributed by atoms with Gasteiger partial charge in [-0.2, -0.15) is 4.39 Å². The summed E-state index contributed by atoms with van der Waals surface area (Å²) >= 11 is 0. The van der Waals surface area contributed by atoms with Gasteiger partial charge in [-0.25, -0.2) is 4.79 Å². The Morgan fingerprint density at radius 3 is 2.57 bits per heavy atom. The highest BCUT2D eigenvalue weighted by molar-refractivity contribution is 5.84. The van der Waals surface area contributed by atoms with Gasteiger partial charge in [-0.3, -0.25) is 0 Å². The lowest BCUT2D eigenvalue weighted by molar-refractivity contribution is -0.134. The van der Waals surface area contributed by atoms with Crippen molar-refractivity contribution in [1.82, 2.24) is 0 Å². The van der Waals surface area contributed by atoms with E-state index in [2.05, 4.69) is 13.8 Å². The van der Waals surface area contributed by atoms with Crippen LogP contribution in [-0.2, 0) is 4.79 Å². The molecule has 14 heavy (non-hydrogen) atoms. The Kier molecular flexibility index (Phi) is 3.29. The first kappa shape index (κ1) is 11.2. The molecule has 0 aromatic carbocycles. The summed E-state index contributed by atoms with van der Waals surface area (Å²) in [5, 5.41) is 8.52. The minimum Gasteiger partial charge on any atom is -0.476 e. The van der Waals surface area contributed by atoms with Crippen LogP contribution < -0.4 is 0 Å². The van der Waals surface area contributed by atoms with Crippen LogP contribution in [0.3, 0.4) is 0 Å². The van der Waals surface area contributed by atoms with Crippen LogP contribution in [0.4, 0.5) is 4.39 Å². The molecule has 1 saturated carbocycles. The van der Waals surface area contributed by atoms with Gasteiger partial charge in [0.05, 0.1) is 0 Å². The Morgan fingerprint density at radius 2 is 2.00 bits per heavy atom. The summed E-state index contributed by atoms with van der Waals surface area (Å²) in [6.45, 7) is 4.29. The smallest absolute Gasteiger partial charge is 0.364 e. The topological polar surface area (TPSA) is 37.3 Å². The van der Waals surface area contributed by atoms with E-state index in [0.717, 1.165) is 19.3 Å². The fourth-order valence-corrected chi connectivity index (χ4v) is 1.89. The lowest BCUT2D eigenvalue weighted by atomic mass is 9.85. The van der Waals surface area contributed by atoms with Gasteiger partial charge in [-0.05, 0) is 43.1 Å². The summed E-state index contributed by atoms with van der Waals surface area (Å²) in [5.74, 6) is -2.34. The maximum atomic E-state index is 13.1. The van der Waals surface area contributed by atoms with Crippen LogP contribution in [0.15, 0.2) is 11.4 Å². The lowest BCUT2D eigenvalue weighted by Gasteiger charge is -2.21. The second kappa shape index (κ2) is 4.11. The van der Waals surface area contributed by atoms with E-state index in [-0.39, 0.29) is 5.41 Å². The van der Waals surface area contributed by atoms with Gasteiger partial charge in [0.25, 0.3) is 0 Å². The summed E-state index contributed by atoms with van der Waals surface area (Å²) in [4.78, 5) is 10.4. The molecule has 0 aliphatic heterocycles. The van der Waals surface area contributed by atoms with Gasteiger partial charge in [0, 0.05) is 0 Å². The number of carboxylic acid groups (broad SMARTS) is 1. The van der Waals surface area contributed by atoms with E-state index in [0.29, 0.717) is 18.4 Å². The minimum absolute atomic E-state index is 0.223. The number of halogens is 1.